The average Bonchev–Trinajstić information content (AvgIpc) is 2.29. The summed E-state index contributed by atoms with van der Waals surface area (Å²) in [4.78, 5) is 0. The van der Waals surface area contributed by atoms with Gasteiger partial charge in [-0.2, -0.15) is 5.26 Å². The van der Waals surface area contributed by atoms with E-state index in [1.54, 1.807) is 25.1 Å². The maximum Gasteiger partial charge on any atom is 0.151 e. The molecule has 0 aliphatic rings. The van der Waals surface area contributed by atoms with Gasteiger partial charge in [0.2, 0.25) is 0 Å². The normalized spacial score (nSPS) is 10.9. The van der Waals surface area contributed by atoms with Crippen molar-refractivity contribution in [2.75, 3.05) is 23.4 Å². The van der Waals surface area contributed by atoms with Crippen LogP contribution in [0.15, 0.2) is 18.2 Å². The molecule has 0 spiro atoms. The van der Waals surface area contributed by atoms with Crippen LogP contribution in [0.2, 0.25) is 5.02 Å². The van der Waals surface area contributed by atoms with Crippen molar-refractivity contribution in [3.05, 3.63) is 28.8 Å². The first kappa shape index (κ1) is 13.8. The first-order chi connectivity index (χ1) is 7.98. The van der Waals surface area contributed by atoms with Crippen LogP contribution in [-0.2, 0) is 9.84 Å². The molecule has 1 aromatic carbocycles. The van der Waals surface area contributed by atoms with Crippen molar-refractivity contribution in [3.63, 3.8) is 0 Å². The molecule has 0 atom stereocenters. The number of nitriles is 1. The molecule has 17 heavy (non-hydrogen) atoms. The van der Waals surface area contributed by atoms with Crippen molar-refractivity contribution in [2.24, 2.45) is 0 Å². The van der Waals surface area contributed by atoms with Gasteiger partial charge in [-0.05, 0) is 18.2 Å². The molecule has 0 saturated heterocycles. The lowest BCUT2D eigenvalue weighted by molar-refractivity contribution is 0.597. The molecule has 1 rings (SSSR count). The van der Waals surface area contributed by atoms with Crippen molar-refractivity contribution >= 4 is 27.1 Å². The molecule has 0 fully saturated rings. The standard InChI is InChI=1S/C11H13ClN2O2S/c1-2-17(15,16)6-5-14-11-7-10(12)4-3-9(11)8-13/h3-4,7,14H,2,5-6H2,1H3. The van der Waals surface area contributed by atoms with E-state index in [-0.39, 0.29) is 18.1 Å². The van der Waals surface area contributed by atoms with Gasteiger partial charge in [0.05, 0.1) is 17.0 Å². The molecular weight excluding hydrogens is 260 g/mol. The Morgan fingerprint density at radius 1 is 1.47 bits per heavy atom. The number of nitrogens with zero attached hydrogens (tertiary/aromatic N) is 1. The lowest BCUT2D eigenvalue weighted by Gasteiger charge is -2.08. The van der Waals surface area contributed by atoms with E-state index in [9.17, 15) is 8.42 Å². The van der Waals surface area contributed by atoms with Gasteiger partial charge >= 0.3 is 0 Å². The smallest absolute Gasteiger partial charge is 0.151 e. The molecule has 0 radical (unpaired) electrons. The van der Waals surface area contributed by atoms with E-state index in [1.807, 2.05) is 6.07 Å². The van der Waals surface area contributed by atoms with Crippen molar-refractivity contribution in [3.8, 4) is 6.07 Å². The second kappa shape index (κ2) is 5.89. The van der Waals surface area contributed by atoms with Gasteiger partial charge in [-0.3, -0.25) is 0 Å². The Morgan fingerprint density at radius 3 is 2.76 bits per heavy atom. The van der Waals surface area contributed by atoms with E-state index in [1.165, 1.54) is 0 Å². The van der Waals surface area contributed by atoms with E-state index >= 15 is 0 Å². The molecule has 0 amide bonds. The molecule has 0 saturated carbocycles. The fourth-order valence-corrected chi connectivity index (χ4v) is 2.12. The quantitative estimate of drug-likeness (QED) is 0.891. The van der Waals surface area contributed by atoms with Gasteiger partial charge in [-0.1, -0.05) is 18.5 Å². The molecule has 0 aliphatic carbocycles. The number of rotatable bonds is 5. The highest BCUT2D eigenvalue weighted by atomic mass is 35.5. The molecule has 0 heterocycles. The SMILES string of the molecule is CCS(=O)(=O)CCNc1cc(Cl)ccc1C#N. The summed E-state index contributed by atoms with van der Waals surface area (Å²) in [6.07, 6.45) is 0. The molecule has 92 valence electrons. The van der Waals surface area contributed by atoms with E-state index < -0.39 is 9.84 Å². The van der Waals surface area contributed by atoms with Crippen molar-refractivity contribution in [1.29, 1.82) is 5.26 Å². The van der Waals surface area contributed by atoms with Crippen LogP contribution >= 0.6 is 11.6 Å². The summed E-state index contributed by atoms with van der Waals surface area (Å²) in [6.45, 7) is 1.88. The maximum absolute atomic E-state index is 11.3. The maximum atomic E-state index is 11.3. The number of nitrogens with one attached hydrogen (secondary N) is 1. The van der Waals surface area contributed by atoms with Crippen LogP contribution in [0.4, 0.5) is 5.69 Å². The van der Waals surface area contributed by atoms with Gasteiger partial charge in [0.1, 0.15) is 6.07 Å². The van der Waals surface area contributed by atoms with Gasteiger partial charge in [0, 0.05) is 17.3 Å². The van der Waals surface area contributed by atoms with Gasteiger partial charge in [-0.25, -0.2) is 8.42 Å². The zero-order valence-corrected chi connectivity index (χ0v) is 11.0. The average molecular weight is 273 g/mol. The van der Waals surface area contributed by atoms with Gasteiger partial charge < -0.3 is 5.32 Å². The summed E-state index contributed by atoms with van der Waals surface area (Å²) >= 11 is 5.80. The zero-order chi connectivity index (χ0) is 12.9. The Hall–Kier alpha value is -1.25. The summed E-state index contributed by atoms with van der Waals surface area (Å²) < 4.78 is 22.6. The van der Waals surface area contributed by atoms with Crippen LogP contribution in [0.1, 0.15) is 12.5 Å². The Morgan fingerprint density at radius 2 is 2.18 bits per heavy atom. The second-order valence-corrected chi connectivity index (χ2v) is 6.37. The Bertz CT molecular complexity index is 535. The van der Waals surface area contributed by atoms with E-state index in [2.05, 4.69) is 5.32 Å². The van der Waals surface area contributed by atoms with E-state index in [0.717, 1.165) is 0 Å². The van der Waals surface area contributed by atoms with Crippen LogP contribution in [0.3, 0.4) is 0 Å². The number of anilines is 1. The number of benzene rings is 1. The molecule has 1 N–H and O–H groups in total. The highest BCUT2D eigenvalue weighted by molar-refractivity contribution is 7.91. The largest absolute Gasteiger partial charge is 0.383 e. The fourth-order valence-electron chi connectivity index (χ4n) is 1.25. The molecule has 0 aliphatic heterocycles. The third-order valence-electron chi connectivity index (χ3n) is 2.27. The Kier molecular flexibility index (Phi) is 4.79. The van der Waals surface area contributed by atoms with Crippen molar-refractivity contribution in [1.82, 2.24) is 0 Å². The van der Waals surface area contributed by atoms with Crippen molar-refractivity contribution in [2.45, 2.75) is 6.92 Å². The fraction of sp³-hybridized carbons (Fsp3) is 0.364. The van der Waals surface area contributed by atoms with E-state index in [0.29, 0.717) is 16.3 Å². The second-order valence-electron chi connectivity index (χ2n) is 3.46. The van der Waals surface area contributed by atoms with Crippen LogP contribution in [0, 0.1) is 11.3 Å². The van der Waals surface area contributed by atoms with Crippen LogP contribution in [0.25, 0.3) is 0 Å². The third-order valence-corrected chi connectivity index (χ3v) is 4.21. The minimum atomic E-state index is -3.00. The predicted octanol–water partition coefficient (Wildman–Crippen LogP) is 2.06. The van der Waals surface area contributed by atoms with Gasteiger partial charge in [0.15, 0.2) is 9.84 Å². The summed E-state index contributed by atoms with van der Waals surface area (Å²) in [7, 11) is -3.00. The molecule has 0 bridgehead atoms. The zero-order valence-electron chi connectivity index (χ0n) is 9.40. The molecule has 0 aromatic heterocycles. The van der Waals surface area contributed by atoms with Crippen LogP contribution in [-0.4, -0.2) is 26.5 Å². The Balaban J connectivity index is 2.70. The highest BCUT2D eigenvalue weighted by Gasteiger charge is 2.08. The minimum absolute atomic E-state index is 0.0425. The van der Waals surface area contributed by atoms with Gasteiger partial charge in [-0.15, -0.1) is 0 Å². The molecule has 4 nitrogen and oxygen atoms in total. The summed E-state index contributed by atoms with van der Waals surface area (Å²) in [5.41, 5.74) is 1.01. The lowest BCUT2D eigenvalue weighted by Crippen LogP contribution is -2.17. The minimum Gasteiger partial charge on any atom is -0.383 e. The summed E-state index contributed by atoms with van der Waals surface area (Å²) in [5.74, 6) is 0.163. The predicted molar refractivity (Wildman–Crippen MR) is 69.0 cm³/mol. The summed E-state index contributed by atoms with van der Waals surface area (Å²) in [5, 5.41) is 12.3. The topological polar surface area (TPSA) is 70.0 Å². The molecular formula is C11H13ClN2O2S. The van der Waals surface area contributed by atoms with Crippen LogP contribution in [0.5, 0.6) is 0 Å². The lowest BCUT2D eigenvalue weighted by atomic mass is 10.2. The third kappa shape index (κ3) is 4.25. The first-order valence-corrected chi connectivity index (χ1v) is 7.32. The monoisotopic (exact) mass is 272 g/mol. The van der Waals surface area contributed by atoms with Crippen LogP contribution < -0.4 is 5.32 Å². The molecule has 1 aromatic rings. The number of halogens is 1. The van der Waals surface area contributed by atoms with Gasteiger partial charge in [0.25, 0.3) is 0 Å². The van der Waals surface area contributed by atoms with E-state index in [4.69, 9.17) is 16.9 Å². The first-order valence-electron chi connectivity index (χ1n) is 5.12. The summed E-state index contributed by atoms with van der Waals surface area (Å²) in [6, 6.07) is 6.84. The van der Waals surface area contributed by atoms with Crippen molar-refractivity contribution < 1.29 is 8.42 Å². The Labute approximate surface area is 106 Å². The molecule has 0 unspecified atom stereocenters. The number of hydrogen-bond acceptors (Lipinski definition) is 4. The molecule has 6 heteroatoms. The highest BCUT2D eigenvalue weighted by Crippen LogP contribution is 2.20. The number of sulfone groups is 1. The number of hydrogen-bond donors (Lipinski definition) is 1.